The minimum absolute atomic E-state index is 0.0720. The fourth-order valence-electron chi connectivity index (χ4n) is 3.88. The zero-order valence-corrected chi connectivity index (χ0v) is 17.5. The Morgan fingerprint density at radius 3 is 2.38 bits per heavy atom. The molecule has 166 valence electrons. The molecule has 0 radical (unpaired) electrons. The Morgan fingerprint density at radius 2 is 1.66 bits per heavy atom. The number of likely N-dealkylation sites (tertiary alicyclic amines) is 1. The molecule has 1 aliphatic heterocycles. The second-order valence-corrected chi connectivity index (χ2v) is 7.80. The zero-order chi connectivity index (χ0) is 22.5. The van der Waals surface area contributed by atoms with Crippen LogP contribution in [0.3, 0.4) is 0 Å². The third kappa shape index (κ3) is 4.85. The molecule has 2 amide bonds. The Kier molecular flexibility index (Phi) is 6.58. The van der Waals surface area contributed by atoms with Crippen LogP contribution in [0.2, 0.25) is 0 Å². The molecule has 0 spiro atoms. The Hall–Kier alpha value is -3.55. The summed E-state index contributed by atoms with van der Waals surface area (Å²) >= 11 is 0. The molecular formula is C24H24F2N4O2. The maximum atomic E-state index is 14.0. The zero-order valence-electron chi connectivity index (χ0n) is 17.5. The molecule has 4 rings (SSSR count). The molecule has 0 aliphatic carbocycles. The van der Waals surface area contributed by atoms with Gasteiger partial charge in [-0.25, -0.2) is 13.5 Å². The molecule has 1 saturated heterocycles. The van der Waals surface area contributed by atoms with Crippen LogP contribution in [-0.4, -0.2) is 46.1 Å². The van der Waals surface area contributed by atoms with E-state index in [1.165, 1.54) is 16.8 Å². The van der Waals surface area contributed by atoms with Gasteiger partial charge in [-0.3, -0.25) is 9.59 Å². The van der Waals surface area contributed by atoms with E-state index in [1.807, 2.05) is 0 Å². The molecule has 0 saturated carbocycles. The van der Waals surface area contributed by atoms with Gasteiger partial charge in [-0.15, -0.1) is 0 Å². The lowest BCUT2D eigenvalue weighted by Gasteiger charge is -2.30. The fourth-order valence-corrected chi connectivity index (χ4v) is 3.88. The number of halogens is 2. The second kappa shape index (κ2) is 9.72. The molecule has 1 aliphatic rings. The van der Waals surface area contributed by atoms with E-state index in [1.54, 1.807) is 53.6 Å². The van der Waals surface area contributed by atoms with E-state index < -0.39 is 5.82 Å². The normalized spacial score (nSPS) is 14.4. The number of aromatic nitrogens is 2. The highest BCUT2D eigenvalue weighted by atomic mass is 19.1. The first-order valence-corrected chi connectivity index (χ1v) is 10.6. The monoisotopic (exact) mass is 438 g/mol. The summed E-state index contributed by atoms with van der Waals surface area (Å²) in [6.45, 7) is 1.25. The SMILES string of the molecule is O=C(NCCc1ccccc1F)C1CCN(C(=O)c2ccn(-c3ccccc3F)n2)CC1. The van der Waals surface area contributed by atoms with Crippen molar-refractivity contribution in [1.29, 1.82) is 0 Å². The van der Waals surface area contributed by atoms with Crippen molar-refractivity contribution >= 4 is 11.8 Å². The predicted octanol–water partition coefficient (Wildman–Crippen LogP) is 3.36. The van der Waals surface area contributed by atoms with E-state index in [4.69, 9.17) is 0 Å². The summed E-state index contributed by atoms with van der Waals surface area (Å²) in [4.78, 5) is 26.9. The quantitative estimate of drug-likeness (QED) is 0.642. The number of carbonyl (C=O) groups excluding carboxylic acids is 2. The summed E-state index contributed by atoms with van der Waals surface area (Å²) in [7, 11) is 0. The first kappa shape index (κ1) is 21.7. The van der Waals surface area contributed by atoms with Gasteiger partial charge in [0.05, 0.1) is 0 Å². The highest BCUT2D eigenvalue weighted by Crippen LogP contribution is 2.20. The predicted molar refractivity (Wildman–Crippen MR) is 115 cm³/mol. The van der Waals surface area contributed by atoms with Gasteiger partial charge in [0, 0.05) is 31.7 Å². The first-order chi connectivity index (χ1) is 15.5. The Labute approximate surface area is 184 Å². The van der Waals surface area contributed by atoms with Crippen molar-refractivity contribution in [2.45, 2.75) is 19.3 Å². The van der Waals surface area contributed by atoms with E-state index >= 15 is 0 Å². The second-order valence-electron chi connectivity index (χ2n) is 7.80. The summed E-state index contributed by atoms with van der Waals surface area (Å²) in [5.41, 5.74) is 1.08. The smallest absolute Gasteiger partial charge is 0.274 e. The molecule has 2 aromatic carbocycles. The average molecular weight is 438 g/mol. The van der Waals surface area contributed by atoms with Crippen LogP contribution in [0.25, 0.3) is 5.69 Å². The minimum atomic E-state index is -0.420. The molecule has 2 heterocycles. The largest absolute Gasteiger partial charge is 0.356 e. The third-order valence-corrected chi connectivity index (χ3v) is 5.71. The van der Waals surface area contributed by atoms with Gasteiger partial charge in [0.2, 0.25) is 5.91 Å². The van der Waals surface area contributed by atoms with Crippen LogP contribution in [0.1, 0.15) is 28.9 Å². The Morgan fingerprint density at radius 1 is 0.969 bits per heavy atom. The van der Waals surface area contributed by atoms with Gasteiger partial charge in [-0.05, 0) is 49.1 Å². The van der Waals surface area contributed by atoms with Gasteiger partial charge in [0.25, 0.3) is 5.91 Å². The van der Waals surface area contributed by atoms with Crippen molar-refractivity contribution < 1.29 is 18.4 Å². The third-order valence-electron chi connectivity index (χ3n) is 5.71. The lowest BCUT2D eigenvalue weighted by atomic mass is 9.95. The molecule has 8 heteroatoms. The number of amides is 2. The molecule has 1 aromatic heterocycles. The molecule has 32 heavy (non-hydrogen) atoms. The lowest BCUT2D eigenvalue weighted by Crippen LogP contribution is -2.43. The molecule has 1 N–H and O–H groups in total. The summed E-state index contributed by atoms with van der Waals surface area (Å²) < 4.78 is 29.0. The molecule has 0 atom stereocenters. The number of hydrogen-bond donors (Lipinski definition) is 1. The van der Waals surface area contributed by atoms with Crippen LogP contribution in [0.4, 0.5) is 8.78 Å². The molecular weight excluding hydrogens is 414 g/mol. The lowest BCUT2D eigenvalue weighted by molar-refractivity contribution is -0.126. The number of piperidine rings is 1. The van der Waals surface area contributed by atoms with E-state index in [-0.39, 0.29) is 34.9 Å². The fraction of sp³-hybridized carbons (Fsp3) is 0.292. The van der Waals surface area contributed by atoms with Gasteiger partial charge >= 0.3 is 0 Å². The van der Waals surface area contributed by atoms with Gasteiger partial charge in [0.1, 0.15) is 17.3 Å². The van der Waals surface area contributed by atoms with E-state index in [0.717, 1.165) is 0 Å². The van der Waals surface area contributed by atoms with Crippen molar-refractivity contribution in [2.75, 3.05) is 19.6 Å². The van der Waals surface area contributed by atoms with Crippen molar-refractivity contribution in [1.82, 2.24) is 20.0 Å². The Balaban J connectivity index is 1.27. The number of para-hydroxylation sites is 1. The van der Waals surface area contributed by atoms with Crippen molar-refractivity contribution in [2.24, 2.45) is 5.92 Å². The van der Waals surface area contributed by atoms with E-state index in [9.17, 15) is 18.4 Å². The molecule has 0 bridgehead atoms. The van der Waals surface area contributed by atoms with Gasteiger partial charge in [0.15, 0.2) is 5.69 Å². The number of benzene rings is 2. The highest BCUT2D eigenvalue weighted by Gasteiger charge is 2.28. The number of carbonyl (C=O) groups is 2. The number of rotatable bonds is 6. The van der Waals surface area contributed by atoms with Gasteiger partial charge in [-0.2, -0.15) is 5.10 Å². The van der Waals surface area contributed by atoms with Crippen LogP contribution >= 0.6 is 0 Å². The maximum absolute atomic E-state index is 14.0. The molecule has 6 nitrogen and oxygen atoms in total. The van der Waals surface area contributed by atoms with Gasteiger partial charge in [-0.1, -0.05) is 30.3 Å². The van der Waals surface area contributed by atoms with Crippen LogP contribution in [-0.2, 0) is 11.2 Å². The van der Waals surface area contributed by atoms with E-state index in [2.05, 4.69) is 10.4 Å². The van der Waals surface area contributed by atoms with Crippen LogP contribution in [0.5, 0.6) is 0 Å². The first-order valence-electron chi connectivity index (χ1n) is 10.6. The number of nitrogens with one attached hydrogen (secondary N) is 1. The average Bonchev–Trinajstić information content (AvgIpc) is 3.30. The van der Waals surface area contributed by atoms with Crippen molar-refractivity contribution in [3.05, 3.63) is 83.7 Å². The maximum Gasteiger partial charge on any atom is 0.274 e. The van der Waals surface area contributed by atoms with Crippen LogP contribution in [0, 0.1) is 17.6 Å². The van der Waals surface area contributed by atoms with Crippen molar-refractivity contribution in [3.8, 4) is 5.69 Å². The molecule has 1 fully saturated rings. The summed E-state index contributed by atoms with van der Waals surface area (Å²) in [5, 5.41) is 7.09. The molecule has 3 aromatic rings. The molecule has 0 unspecified atom stereocenters. The Bertz CT molecular complexity index is 1110. The highest BCUT2D eigenvalue weighted by molar-refractivity contribution is 5.92. The minimum Gasteiger partial charge on any atom is -0.356 e. The van der Waals surface area contributed by atoms with Gasteiger partial charge < -0.3 is 10.2 Å². The van der Waals surface area contributed by atoms with Crippen LogP contribution < -0.4 is 5.32 Å². The van der Waals surface area contributed by atoms with Crippen molar-refractivity contribution in [3.63, 3.8) is 0 Å². The summed E-state index contributed by atoms with van der Waals surface area (Å²) in [6.07, 6.45) is 3.08. The number of hydrogen-bond acceptors (Lipinski definition) is 3. The summed E-state index contributed by atoms with van der Waals surface area (Å²) in [5.74, 6) is -1.19. The van der Waals surface area contributed by atoms with Crippen LogP contribution in [0.15, 0.2) is 60.8 Å². The number of nitrogens with zero attached hydrogens (tertiary/aromatic N) is 3. The summed E-state index contributed by atoms with van der Waals surface area (Å²) in [6, 6.07) is 14.3. The van der Waals surface area contributed by atoms with E-state index in [0.29, 0.717) is 44.5 Å². The standard InChI is InChI=1S/C24H24F2N4O2/c25-19-6-2-1-5-17(19)9-13-27-23(31)18-10-14-29(15-11-18)24(32)21-12-16-30(28-21)22-8-4-3-7-20(22)26/h1-8,12,16,18H,9-11,13-15H2,(H,27,31). The topological polar surface area (TPSA) is 67.2 Å².